The van der Waals surface area contributed by atoms with Crippen molar-refractivity contribution in [2.45, 2.75) is 26.7 Å². The number of aryl methyl sites for hydroxylation is 1. The molecule has 0 radical (unpaired) electrons. The van der Waals surface area contributed by atoms with Gasteiger partial charge in [0.15, 0.2) is 0 Å². The molecule has 0 N–H and O–H groups in total. The van der Waals surface area contributed by atoms with Crippen LogP contribution in [0.15, 0.2) is 42.0 Å². The molecule has 1 aromatic carbocycles. The van der Waals surface area contributed by atoms with Crippen LogP contribution in [0.5, 0.6) is 0 Å². The van der Waals surface area contributed by atoms with E-state index in [-0.39, 0.29) is 0 Å². The van der Waals surface area contributed by atoms with E-state index in [1.807, 2.05) is 0 Å². The fraction of sp³-hybridized carbons (Fsp3) is 0.294. The molecule has 0 bridgehead atoms. The summed E-state index contributed by atoms with van der Waals surface area (Å²) in [4.78, 5) is 0. The highest BCUT2D eigenvalue weighted by molar-refractivity contribution is 5.97. The van der Waals surface area contributed by atoms with E-state index in [1.54, 1.807) is 0 Å². The standard InChI is InChI=1S/C17H19N/c1-4-8-12-11-15-14-9-6-7-10-16(14)18(3)17(15)13(12)5-2/h5-10H,4,11H2,1-3H3/b12-8-,13-5?. The molecule has 92 valence electrons. The van der Waals surface area contributed by atoms with Crippen LogP contribution in [0.2, 0.25) is 0 Å². The van der Waals surface area contributed by atoms with Crippen LogP contribution < -0.4 is 0 Å². The van der Waals surface area contributed by atoms with Gasteiger partial charge in [0, 0.05) is 24.4 Å². The van der Waals surface area contributed by atoms with Gasteiger partial charge in [-0.15, -0.1) is 0 Å². The molecule has 0 saturated carbocycles. The SMILES string of the molecule is CC=C1/C(=C\CC)Cc2c1n(C)c1ccccc21. The number of benzene rings is 1. The van der Waals surface area contributed by atoms with E-state index < -0.39 is 0 Å². The maximum Gasteiger partial charge on any atom is 0.0524 e. The largest absolute Gasteiger partial charge is 0.343 e. The molecule has 1 heterocycles. The second-order valence-corrected chi connectivity index (χ2v) is 4.92. The monoisotopic (exact) mass is 237 g/mol. The summed E-state index contributed by atoms with van der Waals surface area (Å²) in [6.07, 6.45) is 6.82. The molecule has 0 unspecified atom stereocenters. The summed E-state index contributed by atoms with van der Waals surface area (Å²) in [5.41, 5.74) is 7.17. The molecule has 1 nitrogen and oxygen atoms in total. The zero-order chi connectivity index (χ0) is 12.7. The summed E-state index contributed by atoms with van der Waals surface area (Å²) < 4.78 is 2.34. The fourth-order valence-corrected chi connectivity index (χ4v) is 3.18. The van der Waals surface area contributed by atoms with Crippen LogP contribution in [0.4, 0.5) is 0 Å². The van der Waals surface area contributed by atoms with E-state index in [4.69, 9.17) is 0 Å². The van der Waals surface area contributed by atoms with Crippen LogP contribution in [0, 0.1) is 0 Å². The van der Waals surface area contributed by atoms with Crippen LogP contribution >= 0.6 is 0 Å². The minimum atomic E-state index is 1.09. The first-order valence-corrected chi connectivity index (χ1v) is 6.70. The van der Waals surface area contributed by atoms with Crippen molar-refractivity contribution >= 4 is 16.5 Å². The quantitative estimate of drug-likeness (QED) is 0.689. The molecule has 1 aliphatic rings. The van der Waals surface area contributed by atoms with Gasteiger partial charge >= 0.3 is 0 Å². The number of aromatic nitrogens is 1. The molecular formula is C17H19N. The minimum absolute atomic E-state index is 1.09. The zero-order valence-electron chi connectivity index (χ0n) is 11.3. The normalized spacial score (nSPS) is 19.1. The van der Waals surface area contributed by atoms with Crippen molar-refractivity contribution in [1.29, 1.82) is 0 Å². The molecule has 1 aromatic heterocycles. The Morgan fingerprint density at radius 3 is 2.78 bits per heavy atom. The fourth-order valence-electron chi connectivity index (χ4n) is 3.18. The van der Waals surface area contributed by atoms with Crippen molar-refractivity contribution < 1.29 is 0 Å². The third kappa shape index (κ3) is 1.40. The number of fused-ring (bicyclic) bond motifs is 3. The van der Waals surface area contributed by atoms with Gasteiger partial charge in [-0.25, -0.2) is 0 Å². The highest BCUT2D eigenvalue weighted by Gasteiger charge is 2.26. The van der Waals surface area contributed by atoms with E-state index in [2.05, 4.69) is 61.9 Å². The second-order valence-electron chi connectivity index (χ2n) is 4.92. The van der Waals surface area contributed by atoms with Gasteiger partial charge in [0.25, 0.3) is 0 Å². The van der Waals surface area contributed by atoms with Crippen LogP contribution in [0.3, 0.4) is 0 Å². The first-order chi connectivity index (χ1) is 8.77. The van der Waals surface area contributed by atoms with E-state index in [1.165, 1.54) is 33.3 Å². The van der Waals surface area contributed by atoms with Gasteiger partial charge in [-0.2, -0.15) is 0 Å². The zero-order valence-corrected chi connectivity index (χ0v) is 11.3. The van der Waals surface area contributed by atoms with Gasteiger partial charge in [0.05, 0.1) is 5.69 Å². The number of allylic oxidation sites excluding steroid dienone is 4. The van der Waals surface area contributed by atoms with Crippen molar-refractivity contribution in [3.05, 3.63) is 53.2 Å². The Kier molecular flexibility index (Phi) is 2.62. The predicted octanol–water partition coefficient (Wildman–Crippen LogP) is 4.47. The van der Waals surface area contributed by atoms with Gasteiger partial charge in [-0.1, -0.05) is 37.3 Å². The molecule has 0 spiro atoms. The Bertz CT molecular complexity index is 668. The number of nitrogens with zero attached hydrogens (tertiary/aromatic N) is 1. The molecule has 0 atom stereocenters. The number of rotatable bonds is 1. The molecule has 1 aliphatic carbocycles. The van der Waals surface area contributed by atoms with Crippen molar-refractivity contribution in [2.24, 2.45) is 7.05 Å². The Morgan fingerprint density at radius 2 is 2.06 bits per heavy atom. The first kappa shape index (κ1) is 11.3. The Balaban J connectivity index is 2.32. The van der Waals surface area contributed by atoms with Crippen LogP contribution in [-0.2, 0) is 13.5 Å². The van der Waals surface area contributed by atoms with Gasteiger partial charge in [0.2, 0.25) is 0 Å². The summed E-state index contributed by atoms with van der Waals surface area (Å²) in [6, 6.07) is 8.72. The highest BCUT2D eigenvalue weighted by atomic mass is 15.0. The predicted molar refractivity (Wildman–Crippen MR) is 78.6 cm³/mol. The van der Waals surface area contributed by atoms with E-state index in [0.717, 1.165) is 12.8 Å². The number of hydrogen-bond donors (Lipinski definition) is 0. The maximum atomic E-state index is 2.37. The van der Waals surface area contributed by atoms with Crippen molar-refractivity contribution in [2.75, 3.05) is 0 Å². The third-order valence-electron chi connectivity index (χ3n) is 3.92. The lowest BCUT2D eigenvalue weighted by atomic mass is 10.1. The Labute approximate surface area is 108 Å². The topological polar surface area (TPSA) is 4.93 Å². The van der Waals surface area contributed by atoms with Crippen molar-refractivity contribution in [1.82, 2.24) is 4.57 Å². The minimum Gasteiger partial charge on any atom is -0.343 e. The summed E-state index contributed by atoms with van der Waals surface area (Å²) in [5, 5.41) is 1.41. The molecule has 0 fully saturated rings. The lowest BCUT2D eigenvalue weighted by molar-refractivity contribution is 0.948. The van der Waals surface area contributed by atoms with Crippen LogP contribution in [-0.4, -0.2) is 4.57 Å². The molecule has 0 amide bonds. The average Bonchev–Trinajstić information content (AvgIpc) is 2.88. The van der Waals surface area contributed by atoms with Crippen LogP contribution in [0.1, 0.15) is 31.5 Å². The number of para-hydroxylation sites is 1. The smallest absolute Gasteiger partial charge is 0.0524 e. The second kappa shape index (κ2) is 4.16. The molecule has 18 heavy (non-hydrogen) atoms. The average molecular weight is 237 g/mol. The summed E-state index contributed by atoms with van der Waals surface area (Å²) in [7, 11) is 2.18. The van der Waals surface area contributed by atoms with Gasteiger partial charge in [-0.3, -0.25) is 0 Å². The maximum absolute atomic E-state index is 2.37. The lowest BCUT2D eigenvalue weighted by Crippen LogP contribution is -1.94. The lowest BCUT2D eigenvalue weighted by Gasteiger charge is -2.06. The molecule has 0 saturated heterocycles. The summed E-state index contributed by atoms with van der Waals surface area (Å²) >= 11 is 0. The van der Waals surface area contributed by atoms with Crippen LogP contribution in [0.25, 0.3) is 16.5 Å². The first-order valence-electron chi connectivity index (χ1n) is 6.70. The van der Waals surface area contributed by atoms with E-state index >= 15 is 0 Å². The summed E-state index contributed by atoms with van der Waals surface area (Å²) in [6.45, 7) is 4.35. The Morgan fingerprint density at radius 1 is 1.28 bits per heavy atom. The van der Waals surface area contributed by atoms with Gasteiger partial charge < -0.3 is 4.57 Å². The molecule has 0 aliphatic heterocycles. The summed E-state index contributed by atoms with van der Waals surface area (Å²) in [5.74, 6) is 0. The van der Waals surface area contributed by atoms with E-state index in [0.29, 0.717) is 0 Å². The van der Waals surface area contributed by atoms with Crippen molar-refractivity contribution in [3.8, 4) is 0 Å². The molecular weight excluding hydrogens is 218 g/mol. The number of hydrogen-bond acceptors (Lipinski definition) is 0. The van der Waals surface area contributed by atoms with E-state index in [9.17, 15) is 0 Å². The van der Waals surface area contributed by atoms with Gasteiger partial charge in [-0.05, 0) is 36.1 Å². The highest BCUT2D eigenvalue weighted by Crippen LogP contribution is 2.42. The third-order valence-corrected chi connectivity index (χ3v) is 3.92. The van der Waals surface area contributed by atoms with Gasteiger partial charge in [0.1, 0.15) is 0 Å². The Hall–Kier alpha value is -1.76. The molecule has 3 rings (SSSR count). The molecule has 1 heteroatoms. The van der Waals surface area contributed by atoms with Crippen molar-refractivity contribution in [3.63, 3.8) is 0 Å². The molecule has 2 aromatic rings.